The summed E-state index contributed by atoms with van der Waals surface area (Å²) in [7, 11) is 0. The summed E-state index contributed by atoms with van der Waals surface area (Å²) in [6, 6.07) is 5.86. The van der Waals surface area contributed by atoms with Crippen molar-refractivity contribution >= 4 is 12.0 Å². The van der Waals surface area contributed by atoms with E-state index in [0.29, 0.717) is 25.9 Å². The average molecular weight is 282 g/mol. The Hall–Kier alpha value is -2.11. The number of benzene rings is 1. The van der Waals surface area contributed by atoms with Gasteiger partial charge in [-0.15, -0.1) is 0 Å². The molecule has 0 fully saturated rings. The third-order valence-electron chi connectivity index (χ3n) is 2.87. The van der Waals surface area contributed by atoms with Gasteiger partial charge in [-0.2, -0.15) is 0 Å². The molecule has 1 unspecified atom stereocenters. The van der Waals surface area contributed by atoms with E-state index in [1.54, 1.807) is 19.1 Å². The van der Waals surface area contributed by atoms with Crippen LogP contribution in [0.1, 0.15) is 18.9 Å². The van der Waals surface area contributed by atoms with Gasteiger partial charge in [-0.25, -0.2) is 9.18 Å². The standard InChI is InChI=1S/C14H19FN2O3/c1-10(13(18)19)5-7-16-14(20)17-8-6-11-3-2-4-12(15)9-11/h2-4,9-10H,5-8H2,1H3,(H,18,19)(H2,16,17,20). The summed E-state index contributed by atoms with van der Waals surface area (Å²) in [5.74, 6) is -1.66. The van der Waals surface area contributed by atoms with Gasteiger partial charge in [0.05, 0.1) is 5.92 Å². The molecule has 5 nitrogen and oxygen atoms in total. The van der Waals surface area contributed by atoms with Gasteiger partial charge in [0.25, 0.3) is 0 Å². The molecular weight excluding hydrogens is 263 g/mol. The van der Waals surface area contributed by atoms with Crippen LogP contribution in [0.5, 0.6) is 0 Å². The van der Waals surface area contributed by atoms with Gasteiger partial charge in [0.2, 0.25) is 0 Å². The topological polar surface area (TPSA) is 78.4 Å². The van der Waals surface area contributed by atoms with Crippen LogP contribution in [0.3, 0.4) is 0 Å². The Labute approximate surface area is 117 Å². The van der Waals surface area contributed by atoms with Gasteiger partial charge < -0.3 is 15.7 Å². The van der Waals surface area contributed by atoms with Crippen LogP contribution in [0.2, 0.25) is 0 Å². The minimum atomic E-state index is -0.877. The van der Waals surface area contributed by atoms with Crippen molar-refractivity contribution in [2.24, 2.45) is 5.92 Å². The van der Waals surface area contributed by atoms with Crippen LogP contribution in [-0.2, 0) is 11.2 Å². The summed E-state index contributed by atoms with van der Waals surface area (Å²) in [5, 5.41) is 13.9. The van der Waals surface area contributed by atoms with Crippen LogP contribution in [-0.4, -0.2) is 30.2 Å². The molecule has 20 heavy (non-hydrogen) atoms. The maximum Gasteiger partial charge on any atom is 0.314 e. The second-order valence-corrected chi connectivity index (χ2v) is 4.59. The maximum atomic E-state index is 12.9. The number of nitrogens with one attached hydrogen (secondary N) is 2. The first-order valence-electron chi connectivity index (χ1n) is 6.48. The van der Waals surface area contributed by atoms with E-state index in [4.69, 9.17) is 5.11 Å². The smallest absolute Gasteiger partial charge is 0.314 e. The van der Waals surface area contributed by atoms with E-state index < -0.39 is 11.9 Å². The first kappa shape index (κ1) is 15.9. The van der Waals surface area contributed by atoms with Crippen LogP contribution in [0, 0.1) is 11.7 Å². The fourth-order valence-corrected chi connectivity index (χ4v) is 1.60. The molecule has 6 heteroatoms. The number of carbonyl (C=O) groups excluding carboxylic acids is 1. The number of carbonyl (C=O) groups is 2. The molecule has 0 saturated heterocycles. The lowest BCUT2D eigenvalue weighted by Gasteiger charge is -2.09. The molecule has 0 saturated carbocycles. The minimum Gasteiger partial charge on any atom is -0.481 e. The number of carboxylic acids is 1. The summed E-state index contributed by atoms with van der Waals surface area (Å²) < 4.78 is 12.9. The lowest BCUT2D eigenvalue weighted by Crippen LogP contribution is -2.37. The molecule has 0 radical (unpaired) electrons. The number of halogens is 1. The lowest BCUT2D eigenvalue weighted by atomic mass is 10.1. The summed E-state index contributed by atoms with van der Waals surface area (Å²) >= 11 is 0. The fraction of sp³-hybridized carbons (Fsp3) is 0.429. The van der Waals surface area contributed by atoms with Gasteiger partial charge in [0.1, 0.15) is 5.82 Å². The number of aliphatic carboxylic acids is 1. The zero-order valence-corrected chi connectivity index (χ0v) is 11.4. The van der Waals surface area contributed by atoms with Gasteiger partial charge in [-0.3, -0.25) is 4.79 Å². The first-order chi connectivity index (χ1) is 9.49. The highest BCUT2D eigenvalue weighted by Crippen LogP contribution is 2.03. The van der Waals surface area contributed by atoms with E-state index in [9.17, 15) is 14.0 Å². The van der Waals surface area contributed by atoms with E-state index in [-0.39, 0.29) is 11.8 Å². The number of amides is 2. The van der Waals surface area contributed by atoms with E-state index in [1.807, 2.05) is 0 Å². The highest BCUT2D eigenvalue weighted by molar-refractivity contribution is 5.74. The summed E-state index contributed by atoms with van der Waals surface area (Å²) in [4.78, 5) is 22.0. The molecule has 0 aliphatic heterocycles. The van der Waals surface area contributed by atoms with Gasteiger partial charge >= 0.3 is 12.0 Å². The average Bonchev–Trinajstić information content (AvgIpc) is 2.38. The van der Waals surface area contributed by atoms with Crippen LogP contribution < -0.4 is 10.6 Å². The van der Waals surface area contributed by atoms with Crippen molar-refractivity contribution in [1.29, 1.82) is 0 Å². The Morgan fingerprint density at radius 3 is 2.65 bits per heavy atom. The van der Waals surface area contributed by atoms with Crippen molar-refractivity contribution in [3.63, 3.8) is 0 Å². The Kier molecular flexibility index (Phi) is 6.49. The predicted molar refractivity (Wildman–Crippen MR) is 72.9 cm³/mol. The monoisotopic (exact) mass is 282 g/mol. The Morgan fingerprint density at radius 2 is 2.00 bits per heavy atom. The lowest BCUT2D eigenvalue weighted by molar-refractivity contribution is -0.141. The van der Waals surface area contributed by atoms with Gasteiger partial charge in [0, 0.05) is 13.1 Å². The maximum absolute atomic E-state index is 12.9. The second kappa shape index (κ2) is 8.14. The zero-order valence-electron chi connectivity index (χ0n) is 11.4. The Balaban J connectivity index is 2.16. The molecule has 1 aromatic carbocycles. The Morgan fingerprint density at radius 1 is 1.30 bits per heavy atom. The quantitative estimate of drug-likeness (QED) is 0.713. The molecule has 110 valence electrons. The van der Waals surface area contributed by atoms with E-state index in [1.165, 1.54) is 12.1 Å². The minimum absolute atomic E-state index is 0.297. The molecule has 2 amide bonds. The molecule has 0 aromatic heterocycles. The van der Waals surface area contributed by atoms with Crippen molar-refractivity contribution in [1.82, 2.24) is 10.6 Å². The van der Waals surface area contributed by atoms with E-state index in [2.05, 4.69) is 10.6 Å². The van der Waals surface area contributed by atoms with Crippen molar-refractivity contribution in [2.45, 2.75) is 19.8 Å². The number of carboxylic acid groups (broad SMARTS) is 1. The largest absolute Gasteiger partial charge is 0.481 e. The highest BCUT2D eigenvalue weighted by Gasteiger charge is 2.10. The van der Waals surface area contributed by atoms with Crippen LogP contribution in [0.4, 0.5) is 9.18 Å². The van der Waals surface area contributed by atoms with Gasteiger partial charge in [-0.1, -0.05) is 19.1 Å². The van der Waals surface area contributed by atoms with E-state index in [0.717, 1.165) is 5.56 Å². The van der Waals surface area contributed by atoms with Crippen molar-refractivity contribution in [2.75, 3.05) is 13.1 Å². The van der Waals surface area contributed by atoms with Crippen molar-refractivity contribution in [3.05, 3.63) is 35.6 Å². The number of urea groups is 1. The van der Waals surface area contributed by atoms with Crippen molar-refractivity contribution in [3.8, 4) is 0 Å². The van der Waals surface area contributed by atoms with Crippen LogP contribution >= 0.6 is 0 Å². The third-order valence-corrected chi connectivity index (χ3v) is 2.87. The molecule has 0 aliphatic carbocycles. The molecule has 1 atom stereocenters. The third kappa shape index (κ3) is 6.17. The molecule has 0 aliphatic rings. The molecule has 1 aromatic rings. The number of hydrogen-bond acceptors (Lipinski definition) is 2. The summed E-state index contributed by atoms with van der Waals surface area (Å²) in [5.41, 5.74) is 0.810. The Bertz CT molecular complexity index is 465. The fourth-order valence-electron chi connectivity index (χ4n) is 1.60. The summed E-state index contributed by atoms with van der Waals surface area (Å²) in [6.07, 6.45) is 0.920. The van der Waals surface area contributed by atoms with Gasteiger partial charge in [0.15, 0.2) is 0 Å². The first-order valence-corrected chi connectivity index (χ1v) is 6.48. The SMILES string of the molecule is CC(CCNC(=O)NCCc1cccc(F)c1)C(=O)O. The van der Waals surface area contributed by atoms with Crippen molar-refractivity contribution < 1.29 is 19.1 Å². The van der Waals surface area contributed by atoms with Gasteiger partial charge in [-0.05, 0) is 30.5 Å². The predicted octanol–water partition coefficient (Wildman–Crippen LogP) is 1.78. The molecule has 0 bridgehead atoms. The molecule has 0 heterocycles. The van der Waals surface area contributed by atoms with E-state index >= 15 is 0 Å². The summed E-state index contributed by atoms with van der Waals surface area (Å²) in [6.45, 7) is 2.29. The molecule has 3 N–H and O–H groups in total. The van der Waals surface area contributed by atoms with Crippen LogP contribution in [0.25, 0.3) is 0 Å². The second-order valence-electron chi connectivity index (χ2n) is 4.59. The molecular formula is C14H19FN2O3. The molecule has 1 rings (SSSR count). The number of hydrogen-bond donors (Lipinski definition) is 3. The molecule has 0 spiro atoms. The highest BCUT2D eigenvalue weighted by atomic mass is 19.1. The van der Waals surface area contributed by atoms with Crippen LogP contribution in [0.15, 0.2) is 24.3 Å². The zero-order chi connectivity index (χ0) is 15.0. The number of rotatable bonds is 7. The normalized spacial score (nSPS) is 11.7.